The number of carbonyl (C=O) groups excluding carboxylic acids is 1. The Balaban J connectivity index is 1.50. The summed E-state index contributed by atoms with van der Waals surface area (Å²) in [4.78, 5) is 17.8. The van der Waals surface area contributed by atoms with E-state index >= 15 is 0 Å². The second kappa shape index (κ2) is 8.23. The third-order valence-electron chi connectivity index (χ3n) is 4.96. The summed E-state index contributed by atoms with van der Waals surface area (Å²) in [5, 5.41) is 0. The lowest BCUT2D eigenvalue weighted by atomic mass is 9.95. The zero-order chi connectivity index (χ0) is 16.9. The molecular weight excluding hydrogens is 324 g/mol. The van der Waals surface area contributed by atoms with Gasteiger partial charge in [-0.05, 0) is 43.0 Å². The molecule has 2 fully saturated rings. The van der Waals surface area contributed by atoms with Crippen LogP contribution in [0.5, 0.6) is 0 Å². The Morgan fingerprint density at radius 1 is 1.12 bits per heavy atom. The average Bonchev–Trinajstić information content (AvgIpc) is 2.63. The summed E-state index contributed by atoms with van der Waals surface area (Å²) in [7, 11) is -1.00. The van der Waals surface area contributed by atoms with Gasteiger partial charge in [0.25, 0.3) is 5.91 Å². The maximum absolute atomic E-state index is 12.6. The summed E-state index contributed by atoms with van der Waals surface area (Å²) < 4.78 is 16.8. The molecule has 3 rings (SSSR count). The van der Waals surface area contributed by atoms with Crippen LogP contribution in [-0.2, 0) is 15.5 Å². The van der Waals surface area contributed by atoms with E-state index in [0.717, 1.165) is 63.7 Å². The molecule has 5 nitrogen and oxygen atoms in total. The van der Waals surface area contributed by atoms with Crippen LogP contribution in [0.1, 0.15) is 23.2 Å². The summed E-state index contributed by atoms with van der Waals surface area (Å²) in [5.41, 5.74) is 0.691. The van der Waals surface area contributed by atoms with Gasteiger partial charge in [0.2, 0.25) is 0 Å². The first-order valence-electron chi connectivity index (χ1n) is 8.66. The molecule has 0 spiro atoms. The zero-order valence-corrected chi connectivity index (χ0v) is 15.1. The molecule has 1 amide bonds. The van der Waals surface area contributed by atoms with E-state index < -0.39 is 10.8 Å². The van der Waals surface area contributed by atoms with Gasteiger partial charge < -0.3 is 9.64 Å². The van der Waals surface area contributed by atoms with E-state index in [0.29, 0.717) is 11.5 Å². The quantitative estimate of drug-likeness (QED) is 0.828. The predicted octanol–water partition coefficient (Wildman–Crippen LogP) is 1.61. The van der Waals surface area contributed by atoms with Gasteiger partial charge in [-0.3, -0.25) is 13.9 Å². The molecule has 1 aromatic carbocycles. The number of piperidine rings is 1. The minimum atomic E-state index is -1.00. The third-order valence-corrected chi connectivity index (χ3v) is 5.89. The maximum atomic E-state index is 12.6. The predicted molar refractivity (Wildman–Crippen MR) is 94.7 cm³/mol. The van der Waals surface area contributed by atoms with Crippen molar-refractivity contribution in [2.75, 3.05) is 52.2 Å². The zero-order valence-electron chi connectivity index (χ0n) is 14.3. The van der Waals surface area contributed by atoms with Gasteiger partial charge in [-0.25, -0.2) is 0 Å². The van der Waals surface area contributed by atoms with Crippen molar-refractivity contribution in [3.8, 4) is 0 Å². The van der Waals surface area contributed by atoms with Crippen LogP contribution in [0.15, 0.2) is 29.2 Å². The van der Waals surface area contributed by atoms with E-state index in [2.05, 4.69) is 4.90 Å². The van der Waals surface area contributed by atoms with Crippen molar-refractivity contribution >= 4 is 16.7 Å². The Hall–Kier alpha value is -1.24. The van der Waals surface area contributed by atoms with Crippen molar-refractivity contribution in [3.05, 3.63) is 29.8 Å². The fourth-order valence-corrected chi connectivity index (χ4v) is 3.96. The first-order valence-corrected chi connectivity index (χ1v) is 10.2. The summed E-state index contributed by atoms with van der Waals surface area (Å²) in [6, 6.07) is 7.15. The Morgan fingerprint density at radius 2 is 1.75 bits per heavy atom. The highest BCUT2D eigenvalue weighted by Gasteiger charge is 2.25. The van der Waals surface area contributed by atoms with Crippen LogP contribution in [-0.4, -0.2) is 72.1 Å². The summed E-state index contributed by atoms with van der Waals surface area (Å²) >= 11 is 0. The van der Waals surface area contributed by atoms with E-state index in [1.54, 1.807) is 30.5 Å². The van der Waals surface area contributed by atoms with Gasteiger partial charge in [0.15, 0.2) is 0 Å². The highest BCUT2D eigenvalue weighted by atomic mass is 32.2. The second-order valence-electron chi connectivity index (χ2n) is 6.63. The number of amides is 1. The number of ether oxygens (including phenoxy) is 1. The van der Waals surface area contributed by atoms with Gasteiger partial charge in [0, 0.05) is 60.2 Å². The van der Waals surface area contributed by atoms with Gasteiger partial charge in [-0.15, -0.1) is 0 Å². The highest BCUT2D eigenvalue weighted by molar-refractivity contribution is 7.84. The molecule has 0 bridgehead atoms. The van der Waals surface area contributed by atoms with Crippen molar-refractivity contribution in [2.45, 2.75) is 17.7 Å². The Morgan fingerprint density at radius 3 is 2.33 bits per heavy atom. The molecular formula is C18H26N2O3S. The summed E-state index contributed by atoms with van der Waals surface area (Å²) in [5.74, 6) is 0.769. The Bertz CT molecular complexity index is 576. The van der Waals surface area contributed by atoms with Crippen LogP contribution in [0, 0.1) is 5.92 Å². The van der Waals surface area contributed by atoms with Gasteiger partial charge in [0.05, 0.1) is 13.2 Å². The summed E-state index contributed by atoms with van der Waals surface area (Å²) in [6.07, 6.45) is 3.79. The van der Waals surface area contributed by atoms with Crippen LogP contribution in [0.25, 0.3) is 0 Å². The number of nitrogens with zero attached hydrogens (tertiary/aromatic N) is 2. The minimum absolute atomic E-state index is 0.0910. The molecule has 24 heavy (non-hydrogen) atoms. The molecule has 0 aliphatic carbocycles. The largest absolute Gasteiger partial charge is 0.379 e. The molecule has 1 unspecified atom stereocenters. The first kappa shape index (κ1) is 17.6. The van der Waals surface area contributed by atoms with Crippen LogP contribution in [0.4, 0.5) is 0 Å². The van der Waals surface area contributed by atoms with Crippen LogP contribution in [0.3, 0.4) is 0 Å². The van der Waals surface area contributed by atoms with Gasteiger partial charge in [-0.1, -0.05) is 0 Å². The molecule has 1 aromatic rings. The van der Waals surface area contributed by atoms with Crippen LogP contribution < -0.4 is 0 Å². The number of likely N-dealkylation sites (tertiary alicyclic amines) is 1. The summed E-state index contributed by atoms with van der Waals surface area (Å²) in [6.45, 7) is 6.54. The molecule has 1 atom stereocenters. The minimum Gasteiger partial charge on any atom is -0.379 e. The molecule has 2 saturated heterocycles. The number of hydrogen-bond donors (Lipinski definition) is 0. The molecule has 2 heterocycles. The molecule has 0 radical (unpaired) electrons. The van der Waals surface area contributed by atoms with Crippen molar-refractivity contribution in [1.82, 2.24) is 9.80 Å². The molecule has 0 saturated carbocycles. The van der Waals surface area contributed by atoms with Gasteiger partial charge >= 0.3 is 0 Å². The first-order chi connectivity index (χ1) is 11.6. The van der Waals surface area contributed by atoms with Crippen molar-refractivity contribution in [3.63, 3.8) is 0 Å². The average molecular weight is 350 g/mol. The lowest BCUT2D eigenvalue weighted by Gasteiger charge is -2.36. The standard InChI is InChI=1S/C18H26N2O3S/c1-24(22)17-4-2-16(3-5-17)18(21)20-8-6-15(7-9-20)14-19-10-12-23-13-11-19/h2-5,15H,6-14H2,1H3. The monoisotopic (exact) mass is 350 g/mol. The molecule has 6 heteroatoms. The number of benzene rings is 1. The van der Waals surface area contributed by atoms with E-state index in [-0.39, 0.29) is 5.91 Å². The van der Waals surface area contributed by atoms with Gasteiger partial charge in [0.1, 0.15) is 0 Å². The topological polar surface area (TPSA) is 49.9 Å². The van der Waals surface area contributed by atoms with E-state index in [1.807, 2.05) is 4.90 Å². The maximum Gasteiger partial charge on any atom is 0.253 e. The van der Waals surface area contributed by atoms with E-state index in [9.17, 15) is 9.00 Å². The smallest absolute Gasteiger partial charge is 0.253 e. The molecule has 2 aliphatic heterocycles. The molecule has 132 valence electrons. The third kappa shape index (κ3) is 4.43. The number of rotatable bonds is 4. The molecule has 0 aromatic heterocycles. The van der Waals surface area contributed by atoms with E-state index in [4.69, 9.17) is 4.74 Å². The van der Waals surface area contributed by atoms with Crippen molar-refractivity contribution in [2.24, 2.45) is 5.92 Å². The normalized spacial score (nSPS) is 21.6. The highest BCUT2D eigenvalue weighted by Crippen LogP contribution is 2.21. The number of hydrogen-bond acceptors (Lipinski definition) is 4. The Kier molecular flexibility index (Phi) is 6.03. The lowest BCUT2D eigenvalue weighted by Crippen LogP contribution is -2.44. The second-order valence-corrected chi connectivity index (χ2v) is 8.01. The van der Waals surface area contributed by atoms with Crippen molar-refractivity contribution < 1.29 is 13.7 Å². The fourth-order valence-electron chi connectivity index (χ4n) is 3.44. The number of carbonyl (C=O) groups is 1. The van der Waals surface area contributed by atoms with Crippen LogP contribution >= 0.6 is 0 Å². The molecule has 0 N–H and O–H groups in total. The fraction of sp³-hybridized carbons (Fsp3) is 0.611. The lowest BCUT2D eigenvalue weighted by molar-refractivity contribution is 0.0243. The van der Waals surface area contributed by atoms with Crippen LogP contribution in [0.2, 0.25) is 0 Å². The number of morpholine rings is 1. The Labute approximate surface area is 146 Å². The molecule has 2 aliphatic rings. The SMILES string of the molecule is CS(=O)c1ccc(C(=O)N2CCC(CN3CCOCC3)CC2)cc1. The van der Waals surface area contributed by atoms with E-state index in [1.165, 1.54) is 0 Å². The van der Waals surface area contributed by atoms with Crippen molar-refractivity contribution in [1.29, 1.82) is 0 Å². The van der Waals surface area contributed by atoms with Gasteiger partial charge in [-0.2, -0.15) is 0 Å².